The Morgan fingerprint density at radius 2 is 1.85 bits per heavy atom. The van der Waals surface area contributed by atoms with Crippen LogP contribution in [0.4, 0.5) is 5.13 Å². The molecule has 0 bridgehead atoms. The van der Waals surface area contributed by atoms with Crippen molar-refractivity contribution in [3.8, 4) is 5.75 Å². The fourth-order valence-corrected chi connectivity index (χ4v) is 7.00. The minimum absolute atomic E-state index is 0.0824. The third-order valence-corrected chi connectivity index (χ3v) is 10.3. The molecule has 1 atom stereocenters. The molecule has 11 heteroatoms. The van der Waals surface area contributed by atoms with E-state index in [0.29, 0.717) is 42.7 Å². The van der Waals surface area contributed by atoms with Gasteiger partial charge in [-0.3, -0.25) is 9.69 Å². The van der Waals surface area contributed by atoms with Crippen molar-refractivity contribution in [3.63, 3.8) is 0 Å². The number of rotatable bonds is 12. The summed E-state index contributed by atoms with van der Waals surface area (Å²) >= 11 is 1.46. The molecular formula is C28H38N4O5S2. The number of anilines is 1. The normalized spacial score (nSPS) is 15.9. The van der Waals surface area contributed by atoms with Gasteiger partial charge in [0.15, 0.2) is 5.13 Å². The van der Waals surface area contributed by atoms with Crippen molar-refractivity contribution < 1.29 is 22.7 Å². The summed E-state index contributed by atoms with van der Waals surface area (Å²) in [6.07, 6.45) is 1.72. The molecule has 1 saturated heterocycles. The number of fused-ring (bicyclic) bond motifs is 1. The van der Waals surface area contributed by atoms with E-state index in [-0.39, 0.29) is 16.9 Å². The topological polar surface area (TPSA) is 92.3 Å². The molecule has 1 unspecified atom stereocenters. The summed E-state index contributed by atoms with van der Waals surface area (Å²) in [6, 6.07) is 10.0. The number of carbonyl (C=O) groups excluding carboxylic acids is 1. The number of aryl methyl sites for hydroxylation is 1. The van der Waals surface area contributed by atoms with Gasteiger partial charge in [-0.05, 0) is 68.8 Å². The Labute approximate surface area is 235 Å². The summed E-state index contributed by atoms with van der Waals surface area (Å²) in [4.78, 5) is 22.7. The number of carbonyl (C=O) groups is 1. The van der Waals surface area contributed by atoms with Gasteiger partial charge in [0.25, 0.3) is 5.91 Å². The zero-order valence-corrected chi connectivity index (χ0v) is 25.0. The number of benzene rings is 2. The molecule has 4 rings (SSSR count). The average Bonchev–Trinajstić information content (AvgIpc) is 3.62. The zero-order valence-electron chi connectivity index (χ0n) is 23.3. The molecule has 3 aromatic rings. The molecule has 1 amide bonds. The Kier molecular flexibility index (Phi) is 9.60. The van der Waals surface area contributed by atoms with Crippen molar-refractivity contribution in [2.45, 2.75) is 44.6 Å². The molecule has 0 N–H and O–H groups in total. The summed E-state index contributed by atoms with van der Waals surface area (Å²) in [5, 5.41) is 0.586. The lowest BCUT2D eigenvalue weighted by Gasteiger charge is -2.25. The maximum absolute atomic E-state index is 13.8. The zero-order chi connectivity index (χ0) is 28.2. The van der Waals surface area contributed by atoms with E-state index in [1.165, 1.54) is 27.8 Å². The van der Waals surface area contributed by atoms with Crippen LogP contribution in [0.15, 0.2) is 41.3 Å². The van der Waals surface area contributed by atoms with Gasteiger partial charge in [-0.1, -0.05) is 31.3 Å². The van der Waals surface area contributed by atoms with Gasteiger partial charge in [-0.15, -0.1) is 0 Å². The number of sulfonamides is 1. The SMILES string of the molecule is CCN(CC)CCN(C(=O)c1ccc(S(=O)(=O)N(C)CC2CCCO2)cc1)c1nc2c(OC)ccc(C)c2s1. The molecule has 0 aliphatic carbocycles. The second-order valence-electron chi connectivity index (χ2n) is 9.69. The Balaban J connectivity index is 1.62. The van der Waals surface area contributed by atoms with Gasteiger partial charge in [-0.2, -0.15) is 4.31 Å². The lowest BCUT2D eigenvalue weighted by atomic mass is 10.2. The number of hydrogen-bond acceptors (Lipinski definition) is 8. The second kappa shape index (κ2) is 12.7. The van der Waals surface area contributed by atoms with Gasteiger partial charge in [0.2, 0.25) is 10.0 Å². The van der Waals surface area contributed by atoms with E-state index >= 15 is 0 Å². The number of methoxy groups -OCH3 is 1. The predicted octanol–water partition coefficient (Wildman–Crippen LogP) is 4.40. The lowest BCUT2D eigenvalue weighted by Crippen LogP contribution is -2.39. The third kappa shape index (κ3) is 6.44. The van der Waals surface area contributed by atoms with Crippen LogP contribution >= 0.6 is 11.3 Å². The molecule has 2 heterocycles. The summed E-state index contributed by atoms with van der Waals surface area (Å²) < 4.78 is 39.7. The van der Waals surface area contributed by atoms with Gasteiger partial charge >= 0.3 is 0 Å². The molecule has 1 aliphatic rings. The van der Waals surface area contributed by atoms with Crippen LogP contribution in [-0.4, -0.2) is 88.1 Å². The van der Waals surface area contributed by atoms with Crippen molar-refractivity contribution in [3.05, 3.63) is 47.5 Å². The van der Waals surface area contributed by atoms with Crippen molar-refractivity contribution >= 4 is 42.6 Å². The van der Waals surface area contributed by atoms with E-state index in [1.54, 1.807) is 31.2 Å². The number of likely N-dealkylation sites (N-methyl/N-ethyl adjacent to an activating group) is 2. The molecule has 9 nitrogen and oxygen atoms in total. The first-order valence-electron chi connectivity index (χ1n) is 13.4. The number of aromatic nitrogens is 1. The molecule has 0 radical (unpaired) electrons. The highest BCUT2D eigenvalue weighted by atomic mass is 32.2. The molecule has 2 aromatic carbocycles. The second-order valence-corrected chi connectivity index (χ2v) is 12.7. The molecule has 1 aromatic heterocycles. The maximum atomic E-state index is 13.8. The Morgan fingerprint density at radius 3 is 2.46 bits per heavy atom. The molecule has 1 aliphatic heterocycles. The molecular weight excluding hydrogens is 536 g/mol. The average molecular weight is 575 g/mol. The van der Waals surface area contributed by atoms with Gasteiger partial charge in [-0.25, -0.2) is 13.4 Å². The predicted molar refractivity (Wildman–Crippen MR) is 156 cm³/mol. The number of amides is 1. The van der Waals surface area contributed by atoms with E-state index in [2.05, 4.69) is 18.7 Å². The number of ether oxygens (including phenoxy) is 2. The van der Waals surface area contributed by atoms with Crippen LogP contribution < -0.4 is 9.64 Å². The first-order chi connectivity index (χ1) is 18.7. The van der Waals surface area contributed by atoms with Crippen molar-refractivity contribution in [2.24, 2.45) is 0 Å². The first kappa shape index (κ1) is 29.4. The summed E-state index contributed by atoms with van der Waals surface area (Å²) in [5.41, 5.74) is 2.19. The highest BCUT2D eigenvalue weighted by molar-refractivity contribution is 7.89. The largest absolute Gasteiger partial charge is 0.494 e. The molecule has 212 valence electrons. The lowest BCUT2D eigenvalue weighted by molar-refractivity contribution is 0.0978. The smallest absolute Gasteiger partial charge is 0.260 e. The van der Waals surface area contributed by atoms with Gasteiger partial charge in [0, 0.05) is 38.9 Å². The number of hydrogen-bond donors (Lipinski definition) is 0. The van der Waals surface area contributed by atoms with Crippen molar-refractivity contribution in [1.29, 1.82) is 0 Å². The van der Waals surface area contributed by atoms with Crippen LogP contribution in [0.25, 0.3) is 10.2 Å². The van der Waals surface area contributed by atoms with Gasteiger partial charge in [0.05, 0.1) is 22.8 Å². The van der Waals surface area contributed by atoms with E-state index in [9.17, 15) is 13.2 Å². The van der Waals surface area contributed by atoms with Crippen LogP contribution in [0, 0.1) is 6.92 Å². The maximum Gasteiger partial charge on any atom is 0.260 e. The highest BCUT2D eigenvalue weighted by Crippen LogP contribution is 2.37. The van der Waals surface area contributed by atoms with Crippen LogP contribution in [0.1, 0.15) is 42.6 Å². The molecule has 0 saturated carbocycles. The number of nitrogens with zero attached hydrogens (tertiary/aromatic N) is 4. The quantitative estimate of drug-likeness (QED) is 0.317. The number of thiazole rings is 1. The Hall–Kier alpha value is -2.57. The third-order valence-electron chi connectivity index (χ3n) is 7.22. The van der Waals surface area contributed by atoms with E-state index in [1.807, 2.05) is 19.1 Å². The van der Waals surface area contributed by atoms with Gasteiger partial charge in [0.1, 0.15) is 11.3 Å². The molecule has 39 heavy (non-hydrogen) atoms. The standard InChI is InChI=1S/C28H38N4O5S2/c1-6-31(7-2)16-17-32(28-29-25-24(36-5)15-10-20(3)26(25)38-28)27(33)21-11-13-23(14-12-21)39(34,35)30(4)19-22-9-8-18-37-22/h10-15,22H,6-9,16-19H2,1-5H3. The van der Waals surface area contributed by atoms with E-state index in [0.717, 1.165) is 41.7 Å². The van der Waals surface area contributed by atoms with E-state index in [4.69, 9.17) is 14.5 Å². The van der Waals surface area contributed by atoms with Gasteiger partial charge < -0.3 is 14.4 Å². The minimum Gasteiger partial charge on any atom is -0.494 e. The van der Waals surface area contributed by atoms with Crippen molar-refractivity contribution in [1.82, 2.24) is 14.2 Å². The summed E-state index contributed by atoms with van der Waals surface area (Å²) in [7, 11) is -0.527. The Morgan fingerprint density at radius 1 is 1.13 bits per heavy atom. The summed E-state index contributed by atoms with van der Waals surface area (Å²) in [5.74, 6) is 0.436. The highest BCUT2D eigenvalue weighted by Gasteiger charge is 2.27. The fraction of sp³-hybridized carbons (Fsp3) is 0.500. The van der Waals surface area contributed by atoms with Crippen LogP contribution in [0.3, 0.4) is 0 Å². The Bertz CT molecular complexity index is 1380. The van der Waals surface area contributed by atoms with Crippen LogP contribution in [0.5, 0.6) is 5.75 Å². The fourth-order valence-electron chi connectivity index (χ4n) is 4.72. The van der Waals surface area contributed by atoms with Crippen LogP contribution in [0.2, 0.25) is 0 Å². The summed E-state index contributed by atoms with van der Waals surface area (Å²) in [6.45, 7) is 10.1. The monoisotopic (exact) mass is 574 g/mol. The van der Waals surface area contributed by atoms with E-state index < -0.39 is 10.0 Å². The van der Waals surface area contributed by atoms with Crippen LogP contribution in [-0.2, 0) is 14.8 Å². The van der Waals surface area contributed by atoms with Crippen molar-refractivity contribution in [2.75, 3.05) is 58.4 Å². The minimum atomic E-state index is -3.70. The first-order valence-corrected chi connectivity index (χ1v) is 15.6. The molecule has 1 fully saturated rings. The molecule has 0 spiro atoms.